The smallest absolute Gasteiger partial charge is 0.129 e. The molecule has 14 nitrogen and oxygen atoms in total. The zero-order chi connectivity index (χ0) is 69.9. The van der Waals surface area contributed by atoms with Crippen molar-refractivity contribution in [3.05, 3.63) is 355 Å². The van der Waals surface area contributed by atoms with Gasteiger partial charge in [0.1, 0.15) is 98.9 Å². The fourth-order valence-electron chi connectivity index (χ4n) is 11.5. The Hall–Kier alpha value is -13.2. The molecular weight excluding hydrogens is 1270 g/mol. The maximum atomic E-state index is 6.70. The summed E-state index contributed by atoms with van der Waals surface area (Å²) in [6, 6.07) is 102. The van der Waals surface area contributed by atoms with Gasteiger partial charge >= 0.3 is 0 Å². The van der Waals surface area contributed by atoms with E-state index in [-0.39, 0.29) is 0 Å². The molecule has 12 aromatic carbocycles. The molecular formula is C88H78N4O10. The normalized spacial score (nSPS) is 10.6. The second-order valence-electron chi connectivity index (χ2n) is 22.8. The SMILES string of the molecule is C=COCCOc1cccc(N(c2ccc(Oc3cccc(N(c4ccc(-c5ccc(N(c6ccccc6)c6ccc(Oc7cccc(N(c8ccccc8)c8cccc(OCCOC=C)c8)c7)cc6)cc5)cc4)c4cccc(OCCOC=C)c4)c3)cc2)c2cccc(OCCOC=C)c2)c1. The third kappa shape index (κ3) is 18.3. The van der Waals surface area contributed by atoms with E-state index in [0.717, 1.165) is 85.1 Å². The summed E-state index contributed by atoms with van der Waals surface area (Å²) in [5.74, 6) is 5.47. The van der Waals surface area contributed by atoms with Crippen LogP contribution in [0.5, 0.6) is 46.0 Å². The van der Waals surface area contributed by atoms with Crippen LogP contribution in [-0.2, 0) is 18.9 Å². The first-order valence-electron chi connectivity index (χ1n) is 33.5. The van der Waals surface area contributed by atoms with E-state index in [1.807, 2.05) is 182 Å². The van der Waals surface area contributed by atoms with Gasteiger partial charge in [0.25, 0.3) is 0 Å². The lowest BCUT2D eigenvalue weighted by Gasteiger charge is -2.27. The fraction of sp³-hybridized carbons (Fsp3) is 0.0909. The lowest BCUT2D eigenvalue weighted by Crippen LogP contribution is -2.11. The van der Waals surface area contributed by atoms with Crippen LogP contribution in [0.2, 0.25) is 0 Å². The Morgan fingerprint density at radius 1 is 0.196 bits per heavy atom. The first kappa shape index (κ1) is 68.7. The van der Waals surface area contributed by atoms with E-state index in [9.17, 15) is 0 Å². The molecule has 0 bridgehead atoms. The molecule has 14 heteroatoms. The Balaban J connectivity index is 0.779. The van der Waals surface area contributed by atoms with Crippen LogP contribution < -0.4 is 48.0 Å². The van der Waals surface area contributed by atoms with Crippen LogP contribution in [0.25, 0.3) is 11.1 Å². The lowest BCUT2D eigenvalue weighted by atomic mass is 10.0. The van der Waals surface area contributed by atoms with Crippen molar-refractivity contribution in [1.82, 2.24) is 0 Å². The van der Waals surface area contributed by atoms with Crippen molar-refractivity contribution in [1.29, 1.82) is 0 Å². The predicted octanol–water partition coefficient (Wildman–Crippen LogP) is 23.0. The van der Waals surface area contributed by atoms with Gasteiger partial charge in [-0.3, -0.25) is 0 Å². The molecule has 12 rings (SSSR count). The van der Waals surface area contributed by atoms with Crippen molar-refractivity contribution >= 4 is 68.2 Å². The minimum absolute atomic E-state index is 0.349. The van der Waals surface area contributed by atoms with Crippen LogP contribution in [0.4, 0.5) is 68.2 Å². The van der Waals surface area contributed by atoms with E-state index >= 15 is 0 Å². The van der Waals surface area contributed by atoms with Crippen LogP contribution in [0.3, 0.4) is 0 Å². The van der Waals surface area contributed by atoms with Crippen LogP contribution in [0.15, 0.2) is 355 Å². The molecule has 12 aromatic rings. The highest BCUT2D eigenvalue weighted by Crippen LogP contribution is 2.44. The van der Waals surface area contributed by atoms with Crippen LogP contribution in [0.1, 0.15) is 0 Å². The zero-order valence-electron chi connectivity index (χ0n) is 56.5. The van der Waals surface area contributed by atoms with E-state index in [1.165, 1.54) is 25.0 Å². The molecule has 0 fully saturated rings. The number of nitrogens with zero attached hydrogens (tertiary/aromatic N) is 4. The van der Waals surface area contributed by atoms with Gasteiger partial charge < -0.3 is 67.0 Å². The standard InChI is InChI=1S/C88H78N4O10/c1-5-93-53-57-97-83-31-15-25-75(61-83)90(70-23-13-10-14-24-70)79-29-19-35-87(65-79)101-81-49-45-73(46-50-81)89(69-21-11-9-12-22-69)71-41-37-67(38-42-71)68-39-43-72(44-40-68)91(76-26-16-32-84(62-76)98-58-54-94-6-2)80-30-20-36-88(66-80)102-82-51-47-74(48-52-82)92(77-27-17-33-85(63-77)99-59-55-95-7-3)78-28-18-34-86(64-78)100-60-56-96-8-4/h5-52,61-66H,1-4,53-60H2. The largest absolute Gasteiger partial charge is 0.498 e. The maximum Gasteiger partial charge on any atom is 0.129 e. The van der Waals surface area contributed by atoms with Crippen LogP contribution >= 0.6 is 0 Å². The minimum atomic E-state index is 0.349. The molecule has 102 heavy (non-hydrogen) atoms. The lowest BCUT2D eigenvalue weighted by molar-refractivity contribution is 0.179. The summed E-state index contributed by atoms with van der Waals surface area (Å²) in [5.41, 5.74) is 13.2. The third-order valence-electron chi connectivity index (χ3n) is 16.1. The fourth-order valence-corrected chi connectivity index (χ4v) is 11.5. The molecule has 0 N–H and O–H groups in total. The molecule has 0 saturated carbocycles. The Morgan fingerprint density at radius 3 is 0.676 bits per heavy atom. The molecule has 0 aromatic heterocycles. The van der Waals surface area contributed by atoms with Crippen LogP contribution in [0, 0.1) is 0 Å². The summed E-state index contributed by atoms with van der Waals surface area (Å²) in [4.78, 5) is 8.75. The molecule has 0 atom stereocenters. The van der Waals surface area contributed by atoms with E-state index in [1.54, 1.807) is 0 Å². The minimum Gasteiger partial charge on any atom is -0.498 e. The summed E-state index contributed by atoms with van der Waals surface area (Å²) in [6.45, 7) is 17.6. The second-order valence-corrected chi connectivity index (χ2v) is 22.8. The predicted molar refractivity (Wildman–Crippen MR) is 410 cm³/mol. The summed E-state index contributed by atoms with van der Waals surface area (Å²) >= 11 is 0. The Labute approximate surface area is 596 Å². The summed E-state index contributed by atoms with van der Waals surface area (Å²) in [6.07, 6.45) is 5.65. The van der Waals surface area contributed by atoms with E-state index in [0.29, 0.717) is 93.1 Å². The average Bonchev–Trinajstić information content (AvgIpc) is 0.813. The van der Waals surface area contributed by atoms with Gasteiger partial charge in [-0.15, -0.1) is 0 Å². The Kier molecular flexibility index (Phi) is 23.8. The number of benzene rings is 12. The molecule has 0 aliphatic heterocycles. The van der Waals surface area contributed by atoms with E-state index in [2.05, 4.69) is 167 Å². The first-order valence-corrected chi connectivity index (χ1v) is 33.5. The zero-order valence-corrected chi connectivity index (χ0v) is 56.5. The van der Waals surface area contributed by atoms with Gasteiger partial charge in [0.15, 0.2) is 0 Å². The highest BCUT2D eigenvalue weighted by molar-refractivity contribution is 5.83. The Bertz CT molecular complexity index is 4600. The van der Waals surface area contributed by atoms with Gasteiger partial charge in [-0.1, -0.05) is 123 Å². The maximum absolute atomic E-state index is 6.70. The van der Waals surface area contributed by atoms with Crippen molar-refractivity contribution in [3.8, 4) is 57.1 Å². The molecule has 0 saturated heterocycles. The van der Waals surface area contributed by atoms with Gasteiger partial charge in [0, 0.05) is 105 Å². The van der Waals surface area contributed by atoms with Gasteiger partial charge in [-0.2, -0.15) is 0 Å². The van der Waals surface area contributed by atoms with E-state index in [4.69, 9.17) is 47.4 Å². The van der Waals surface area contributed by atoms with E-state index < -0.39 is 0 Å². The van der Waals surface area contributed by atoms with Crippen molar-refractivity contribution in [2.24, 2.45) is 0 Å². The number of ether oxygens (including phenoxy) is 10. The highest BCUT2D eigenvalue weighted by Gasteiger charge is 2.20. The molecule has 0 amide bonds. The van der Waals surface area contributed by atoms with Crippen molar-refractivity contribution in [2.75, 3.05) is 72.5 Å². The van der Waals surface area contributed by atoms with Gasteiger partial charge in [0.05, 0.1) is 25.0 Å². The second kappa shape index (κ2) is 35.3. The third-order valence-corrected chi connectivity index (χ3v) is 16.1. The number of hydrogen-bond donors (Lipinski definition) is 0. The Morgan fingerprint density at radius 2 is 0.412 bits per heavy atom. The molecule has 0 radical (unpaired) electrons. The van der Waals surface area contributed by atoms with Crippen molar-refractivity contribution in [2.45, 2.75) is 0 Å². The molecule has 0 spiro atoms. The topological polar surface area (TPSA) is 105 Å². The quantitative estimate of drug-likeness (QED) is 0.0272. The molecule has 0 aliphatic rings. The molecule has 0 unspecified atom stereocenters. The average molecular weight is 1350 g/mol. The number of anilines is 12. The number of para-hydroxylation sites is 2. The highest BCUT2D eigenvalue weighted by atomic mass is 16.5. The molecule has 510 valence electrons. The van der Waals surface area contributed by atoms with Gasteiger partial charge in [-0.25, -0.2) is 0 Å². The monoisotopic (exact) mass is 1350 g/mol. The number of hydrogen-bond acceptors (Lipinski definition) is 14. The number of rotatable bonds is 37. The van der Waals surface area contributed by atoms with Crippen LogP contribution in [-0.4, -0.2) is 52.9 Å². The van der Waals surface area contributed by atoms with Crippen molar-refractivity contribution in [3.63, 3.8) is 0 Å². The molecule has 0 aliphatic carbocycles. The summed E-state index contributed by atoms with van der Waals surface area (Å²) < 4.78 is 59.0. The summed E-state index contributed by atoms with van der Waals surface area (Å²) in [7, 11) is 0. The summed E-state index contributed by atoms with van der Waals surface area (Å²) in [5, 5.41) is 0. The van der Waals surface area contributed by atoms with Gasteiger partial charge in [0.2, 0.25) is 0 Å². The van der Waals surface area contributed by atoms with Gasteiger partial charge in [-0.05, 0) is 181 Å². The van der Waals surface area contributed by atoms with Crippen molar-refractivity contribution < 1.29 is 47.4 Å². The molecule has 0 heterocycles. The first-order chi connectivity index (χ1) is 50.4.